The van der Waals surface area contributed by atoms with Crippen LogP contribution in [0.4, 0.5) is 0 Å². The number of rotatable bonds is 3. The Bertz CT molecular complexity index is 657. The van der Waals surface area contributed by atoms with Gasteiger partial charge in [0.25, 0.3) is 5.91 Å². The third-order valence-corrected chi connectivity index (χ3v) is 5.07. The Morgan fingerprint density at radius 3 is 2.56 bits per heavy atom. The van der Waals surface area contributed by atoms with Crippen LogP contribution in [0.25, 0.3) is 0 Å². The van der Waals surface area contributed by atoms with Gasteiger partial charge in [-0.05, 0) is 53.6 Å². The molecule has 3 heterocycles. The molecule has 8 nitrogen and oxygen atoms in total. The molecule has 2 fully saturated rings. The lowest BCUT2D eigenvalue weighted by atomic mass is 10.1. The van der Waals surface area contributed by atoms with Crippen molar-refractivity contribution in [1.82, 2.24) is 30.5 Å². The number of amides is 2. The molecule has 3 rings (SSSR count). The number of carbonyl (C=O) groups is 2. The van der Waals surface area contributed by atoms with E-state index in [4.69, 9.17) is 0 Å². The van der Waals surface area contributed by atoms with Crippen molar-refractivity contribution in [3.8, 4) is 0 Å². The van der Waals surface area contributed by atoms with Crippen LogP contribution in [0.2, 0.25) is 0 Å². The van der Waals surface area contributed by atoms with E-state index in [1.807, 2.05) is 37.3 Å². The Balaban J connectivity index is 1.66. The van der Waals surface area contributed by atoms with Crippen molar-refractivity contribution < 1.29 is 9.59 Å². The van der Waals surface area contributed by atoms with Crippen LogP contribution in [0, 0.1) is 6.92 Å². The highest BCUT2D eigenvalue weighted by atomic mass is 16.2. The molecule has 0 aromatic carbocycles. The largest absolute Gasteiger partial charge is 0.346 e. The lowest BCUT2D eigenvalue weighted by Gasteiger charge is -2.32. The third-order valence-electron chi connectivity index (χ3n) is 5.07. The third kappa shape index (κ3) is 3.68. The summed E-state index contributed by atoms with van der Waals surface area (Å²) in [5, 5.41) is 14.6. The molecule has 1 aromatic rings. The first-order chi connectivity index (χ1) is 11.8. The molecule has 8 heteroatoms. The van der Waals surface area contributed by atoms with Crippen molar-refractivity contribution in [2.24, 2.45) is 0 Å². The molecule has 25 heavy (non-hydrogen) atoms. The zero-order valence-corrected chi connectivity index (χ0v) is 15.5. The first kappa shape index (κ1) is 17.8. The predicted molar refractivity (Wildman–Crippen MR) is 93.2 cm³/mol. The van der Waals surface area contributed by atoms with Gasteiger partial charge in [0.15, 0.2) is 5.69 Å². The molecule has 1 atom stereocenters. The molecule has 0 aliphatic carbocycles. The summed E-state index contributed by atoms with van der Waals surface area (Å²) in [4.78, 5) is 26.6. The maximum Gasteiger partial charge on any atom is 0.274 e. The highest BCUT2D eigenvalue weighted by Gasteiger charge is 2.37. The van der Waals surface area contributed by atoms with E-state index in [9.17, 15) is 9.59 Å². The van der Waals surface area contributed by atoms with Crippen molar-refractivity contribution in [3.05, 3.63) is 11.4 Å². The second-order valence-electron chi connectivity index (χ2n) is 8.00. The van der Waals surface area contributed by atoms with Crippen LogP contribution in [0.3, 0.4) is 0 Å². The molecule has 2 aliphatic rings. The van der Waals surface area contributed by atoms with Crippen LogP contribution in [-0.2, 0) is 4.79 Å². The van der Waals surface area contributed by atoms with Crippen molar-refractivity contribution >= 4 is 11.8 Å². The molecule has 0 radical (unpaired) electrons. The van der Waals surface area contributed by atoms with Crippen LogP contribution in [0.5, 0.6) is 0 Å². The van der Waals surface area contributed by atoms with Crippen LogP contribution < -0.4 is 10.6 Å². The van der Waals surface area contributed by atoms with Crippen LogP contribution >= 0.6 is 0 Å². The van der Waals surface area contributed by atoms with Crippen molar-refractivity contribution in [2.45, 2.75) is 64.6 Å². The summed E-state index contributed by atoms with van der Waals surface area (Å²) in [7, 11) is 0. The smallest absolute Gasteiger partial charge is 0.274 e. The van der Waals surface area contributed by atoms with Gasteiger partial charge in [0.2, 0.25) is 5.91 Å². The quantitative estimate of drug-likeness (QED) is 0.836. The minimum Gasteiger partial charge on any atom is -0.346 e. The van der Waals surface area contributed by atoms with Gasteiger partial charge >= 0.3 is 0 Å². The number of piperidine rings is 1. The van der Waals surface area contributed by atoms with Gasteiger partial charge in [0, 0.05) is 18.5 Å². The number of hydrogen-bond donors (Lipinski definition) is 2. The molecule has 0 spiro atoms. The molecule has 138 valence electrons. The van der Waals surface area contributed by atoms with Crippen molar-refractivity contribution in [2.75, 3.05) is 19.6 Å². The van der Waals surface area contributed by atoms with Gasteiger partial charge in [-0.3, -0.25) is 9.59 Å². The molecular weight excluding hydrogens is 320 g/mol. The first-order valence-corrected chi connectivity index (χ1v) is 9.01. The fourth-order valence-corrected chi connectivity index (χ4v) is 3.65. The lowest BCUT2D eigenvalue weighted by Crippen LogP contribution is -2.44. The topological polar surface area (TPSA) is 92.2 Å². The number of carbonyl (C=O) groups excluding carboxylic acids is 2. The summed E-state index contributed by atoms with van der Waals surface area (Å²) in [6.07, 6.45) is 2.32. The number of aromatic nitrogens is 3. The predicted octanol–water partition coefficient (Wildman–Crippen LogP) is 0.640. The number of nitrogens with zero attached hydrogens (tertiary/aromatic N) is 4. The molecule has 0 saturated carbocycles. The molecule has 2 saturated heterocycles. The van der Waals surface area contributed by atoms with E-state index in [-0.39, 0.29) is 23.4 Å². The Kier molecular flexibility index (Phi) is 4.81. The second-order valence-corrected chi connectivity index (χ2v) is 8.00. The summed E-state index contributed by atoms with van der Waals surface area (Å²) < 4.78 is 1.87. The summed E-state index contributed by atoms with van der Waals surface area (Å²) in [5.74, 6) is -0.167. The molecule has 0 unspecified atom stereocenters. The Labute approximate surface area is 148 Å². The van der Waals surface area contributed by atoms with E-state index in [2.05, 4.69) is 20.9 Å². The average molecular weight is 348 g/mol. The van der Waals surface area contributed by atoms with E-state index in [0.717, 1.165) is 31.6 Å². The van der Waals surface area contributed by atoms with E-state index < -0.39 is 0 Å². The maximum atomic E-state index is 12.6. The van der Waals surface area contributed by atoms with E-state index in [0.29, 0.717) is 24.7 Å². The molecule has 2 aliphatic heterocycles. The van der Waals surface area contributed by atoms with Crippen molar-refractivity contribution in [1.29, 1.82) is 0 Å². The van der Waals surface area contributed by atoms with Crippen LogP contribution in [0.1, 0.15) is 62.3 Å². The zero-order valence-electron chi connectivity index (χ0n) is 15.5. The fraction of sp³-hybridized carbons (Fsp3) is 0.765. The van der Waals surface area contributed by atoms with Gasteiger partial charge in [-0.25, -0.2) is 4.68 Å². The summed E-state index contributed by atoms with van der Waals surface area (Å²) in [6.45, 7) is 10.3. The van der Waals surface area contributed by atoms with Crippen molar-refractivity contribution in [3.63, 3.8) is 0 Å². The summed E-state index contributed by atoms with van der Waals surface area (Å²) in [5.41, 5.74) is 0.923. The molecular formula is C17H28N6O2. The monoisotopic (exact) mass is 348 g/mol. The maximum absolute atomic E-state index is 12.6. The van der Waals surface area contributed by atoms with Crippen LogP contribution in [-0.4, -0.2) is 62.9 Å². The number of nitrogens with one attached hydrogen (secondary N) is 2. The van der Waals surface area contributed by atoms with E-state index in [1.165, 1.54) is 0 Å². The molecule has 2 N–H and O–H groups in total. The van der Waals surface area contributed by atoms with Gasteiger partial charge in [-0.1, -0.05) is 5.21 Å². The first-order valence-electron chi connectivity index (χ1n) is 9.01. The highest BCUT2D eigenvalue weighted by molar-refractivity contribution is 5.94. The summed E-state index contributed by atoms with van der Waals surface area (Å²) >= 11 is 0. The zero-order chi connectivity index (χ0) is 18.2. The van der Waals surface area contributed by atoms with Gasteiger partial charge < -0.3 is 15.5 Å². The number of hydrogen-bond acceptors (Lipinski definition) is 5. The van der Waals surface area contributed by atoms with Gasteiger partial charge in [0.05, 0.1) is 17.8 Å². The van der Waals surface area contributed by atoms with Crippen LogP contribution in [0.15, 0.2) is 0 Å². The standard InChI is InChI=1S/C17H28N6O2/c1-11-15(20-21-23(11)13-5-7-18-8-6-13)16(25)19-12-9-14(24)22(10-12)17(2,3)4/h12-13,18H,5-10H2,1-4H3,(H,19,25)/t12-/m1/s1. The Hall–Kier alpha value is -1.96. The van der Waals surface area contributed by atoms with E-state index in [1.54, 1.807) is 0 Å². The molecule has 2 amide bonds. The molecule has 1 aromatic heterocycles. The Morgan fingerprint density at radius 2 is 1.96 bits per heavy atom. The lowest BCUT2D eigenvalue weighted by molar-refractivity contribution is -0.131. The Morgan fingerprint density at radius 1 is 1.28 bits per heavy atom. The minimum atomic E-state index is -0.244. The van der Waals surface area contributed by atoms with Gasteiger partial charge in [-0.2, -0.15) is 0 Å². The fourth-order valence-electron chi connectivity index (χ4n) is 3.65. The highest BCUT2D eigenvalue weighted by Crippen LogP contribution is 2.23. The summed E-state index contributed by atoms with van der Waals surface area (Å²) in [6, 6.07) is 0.113. The average Bonchev–Trinajstić information content (AvgIpc) is 3.10. The van der Waals surface area contributed by atoms with Gasteiger partial charge in [0.1, 0.15) is 0 Å². The number of likely N-dealkylation sites (tertiary alicyclic amines) is 1. The molecule has 0 bridgehead atoms. The van der Waals surface area contributed by atoms with E-state index >= 15 is 0 Å². The minimum absolute atomic E-state index is 0.0767. The normalized spacial score (nSPS) is 22.5. The second kappa shape index (κ2) is 6.74. The SMILES string of the molecule is Cc1c(C(=O)N[C@@H]2CC(=O)N(C(C)(C)C)C2)nnn1C1CCNCC1. The van der Waals surface area contributed by atoms with Gasteiger partial charge in [-0.15, -0.1) is 5.10 Å².